The van der Waals surface area contributed by atoms with E-state index in [2.05, 4.69) is 11.2 Å². The van der Waals surface area contributed by atoms with E-state index in [4.69, 9.17) is 11.6 Å². The van der Waals surface area contributed by atoms with Gasteiger partial charge in [0, 0.05) is 16.8 Å². The van der Waals surface area contributed by atoms with Crippen molar-refractivity contribution >= 4 is 11.6 Å². The standard InChI is InChI=1S/C16H10ClN3/c17-14-7-4-8-15(9-14)20-11-13(10-18)16(19-20)12-5-2-1-3-6-12/h1-9,11H. The van der Waals surface area contributed by atoms with E-state index in [0.29, 0.717) is 16.3 Å². The third-order valence-corrected chi connectivity index (χ3v) is 3.19. The Kier molecular flexibility index (Phi) is 3.24. The zero-order valence-corrected chi connectivity index (χ0v) is 11.2. The maximum Gasteiger partial charge on any atom is 0.111 e. The highest BCUT2D eigenvalue weighted by Gasteiger charge is 2.11. The molecule has 0 amide bonds. The molecule has 4 heteroatoms. The van der Waals surface area contributed by atoms with Crippen molar-refractivity contribution in [2.75, 3.05) is 0 Å². The molecule has 20 heavy (non-hydrogen) atoms. The van der Waals surface area contributed by atoms with Crippen molar-refractivity contribution in [1.82, 2.24) is 9.78 Å². The lowest BCUT2D eigenvalue weighted by atomic mass is 10.1. The van der Waals surface area contributed by atoms with Crippen LogP contribution in [0.2, 0.25) is 5.02 Å². The van der Waals surface area contributed by atoms with Crippen LogP contribution in [0, 0.1) is 11.3 Å². The summed E-state index contributed by atoms with van der Waals surface area (Å²) in [7, 11) is 0. The van der Waals surface area contributed by atoms with Gasteiger partial charge in [0.15, 0.2) is 0 Å². The molecule has 96 valence electrons. The van der Waals surface area contributed by atoms with Gasteiger partial charge in [-0.3, -0.25) is 0 Å². The highest BCUT2D eigenvalue weighted by atomic mass is 35.5. The summed E-state index contributed by atoms with van der Waals surface area (Å²) >= 11 is 5.99. The van der Waals surface area contributed by atoms with E-state index >= 15 is 0 Å². The van der Waals surface area contributed by atoms with Crippen LogP contribution in [0.15, 0.2) is 60.8 Å². The Morgan fingerprint density at radius 1 is 1.05 bits per heavy atom. The monoisotopic (exact) mass is 279 g/mol. The van der Waals surface area contributed by atoms with Gasteiger partial charge in [-0.25, -0.2) is 4.68 Å². The van der Waals surface area contributed by atoms with E-state index in [1.165, 1.54) is 0 Å². The van der Waals surface area contributed by atoms with Crippen LogP contribution in [0.5, 0.6) is 0 Å². The fourth-order valence-electron chi connectivity index (χ4n) is 2.02. The first kappa shape index (κ1) is 12.5. The zero-order chi connectivity index (χ0) is 13.9. The third kappa shape index (κ3) is 2.29. The Labute approximate surface area is 121 Å². The van der Waals surface area contributed by atoms with E-state index in [-0.39, 0.29) is 0 Å². The largest absolute Gasteiger partial charge is 0.239 e. The minimum atomic E-state index is 0.538. The minimum Gasteiger partial charge on any atom is -0.239 e. The number of hydrogen-bond acceptors (Lipinski definition) is 2. The van der Waals surface area contributed by atoms with Gasteiger partial charge in [0.2, 0.25) is 0 Å². The first-order chi connectivity index (χ1) is 9.78. The van der Waals surface area contributed by atoms with Crippen LogP contribution in [0.3, 0.4) is 0 Å². The third-order valence-electron chi connectivity index (χ3n) is 2.95. The average Bonchev–Trinajstić information content (AvgIpc) is 2.92. The van der Waals surface area contributed by atoms with Gasteiger partial charge in [0.25, 0.3) is 0 Å². The molecule has 3 aromatic rings. The molecule has 0 unspecified atom stereocenters. The number of hydrogen-bond donors (Lipinski definition) is 0. The first-order valence-corrected chi connectivity index (χ1v) is 6.47. The predicted molar refractivity (Wildman–Crippen MR) is 78.7 cm³/mol. The molecule has 2 aromatic carbocycles. The van der Waals surface area contributed by atoms with Crippen molar-refractivity contribution in [3.63, 3.8) is 0 Å². The van der Waals surface area contributed by atoms with Gasteiger partial charge in [0.1, 0.15) is 11.8 Å². The second-order valence-corrected chi connectivity index (χ2v) is 4.73. The minimum absolute atomic E-state index is 0.538. The fraction of sp³-hybridized carbons (Fsp3) is 0. The molecule has 3 rings (SSSR count). The van der Waals surface area contributed by atoms with Crippen molar-refractivity contribution in [3.8, 4) is 23.0 Å². The van der Waals surface area contributed by atoms with Gasteiger partial charge in [-0.05, 0) is 18.2 Å². The molecule has 0 saturated carbocycles. The number of nitrogens with zero attached hydrogens (tertiary/aromatic N) is 3. The Bertz CT molecular complexity index is 785. The van der Waals surface area contributed by atoms with Gasteiger partial charge in [-0.1, -0.05) is 48.0 Å². The molecule has 1 heterocycles. The average molecular weight is 280 g/mol. The number of aromatic nitrogens is 2. The van der Waals surface area contributed by atoms with E-state index in [1.807, 2.05) is 48.5 Å². The summed E-state index contributed by atoms with van der Waals surface area (Å²) < 4.78 is 1.67. The maximum atomic E-state index is 9.27. The van der Waals surface area contributed by atoms with Crippen molar-refractivity contribution in [1.29, 1.82) is 5.26 Å². The maximum absolute atomic E-state index is 9.27. The van der Waals surface area contributed by atoms with Crippen molar-refractivity contribution in [2.45, 2.75) is 0 Å². The second kappa shape index (κ2) is 5.20. The molecule has 0 atom stereocenters. The van der Waals surface area contributed by atoms with Crippen LogP contribution in [0.4, 0.5) is 0 Å². The molecular formula is C16H10ClN3. The van der Waals surface area contributed by atoms with Crippen molar-refractivity contribution in [3.05, 3.63) is 71.4 Å². The quantitative estimate of drug-likeness (QED) is 0.710. The lowest BCUT2D eigenvalue weighted by Gasteiger charge is -2.01. The topological polar surface area (TPSA) is 41.6 Å². The molecule has 0 aliphatic heterocycles. The Balaban J connectivity index is 2.13. The summed E-state index contributed by atoms with van der Waals surface area (Å²) in [6, 6.07) is 19.2. The Morgan fingerprint density at radius 3 is 2.55 bits per heavy atom. The van der Waals surface area contributed by atoms with Gasteiger partial charge >= 0.3 is 0 Å². The summed E-state index contributed by atoms with van der Waals surface area (Å²) in [5.74, 6) is 0. The van der Waals surface area contributed by atoms with Gasteiger partial charge in [-0.15, -0.1) is 0 Å². The molecule has 0 aliphatic carbocycles. The number of halogens is 1. The molecule has 0 spiro atoms. The van der Waals surface area contributed by atoms with Crippen LogP contribution in [-0.4, -0.2) is 9.78 Å². The predicted octanol–water partition coefficient (Wildman–Crippen LogP) is 4.06. The Morgan fingerprint density at radius 2 is 1.85 bits per heavy atom. The molecule has 0 saturated heterocycles. The molecule has 0 radical (unpaired) electrons. The lowest BCUT2D eigenvalue weighted by Crippen LogP contribution is -1.94. The molecule has 0 aliphatic rings. The number of nitriles is 1. The van der Waals surface area contributed by atoms with Gasteiger partial charge in [0.05, 0.1) is 11.3 Å². The summed E-state index contributed by atoms with van der Waals surface area (Å²) in [5, 5.41) is 14.4. The summed E-state index contributed by atoms with van der Waals surface area (Å²) in [6.45, 7) is 0. The van der Waals surface area contributed by atoms with Crippen LogP contribution in [0.25, 0.3) is 16.9 Å². The lowest BCUT2D eigenvalue weighted by molar-refractivity contribution is 0.884. The van der Waals surface area contributed by atoms with E-state index in [9.17, 15) is 5.26 Å². The fourth-order valence-corrected chi connectivity index (χ4v) is 2.20. The summed E-state index contributed by atoms with van der Waals surface area (Å²) in [6.07, 6.45) is 1.72. The van der Waals surface area contributed by atoms with E-state index < -0.39 is 0 Å². The molecule has 0 N–H and O–H groups in total. The Hall–Kier alpha value is -2.57. The molecule has 0 bridgehead atoms. The normalized spacial score (nSPS) is 10.2. The second-order valence-electron chi connectivity index (χ2n) is 4.29. The van der Waals surface area contributed by atoms with Crippen LogP contribution >= 0.6 is 11.6 Å². The molecule has 0 fully saturated rings. The molecule has 3 nitrogen and oxygen atoms in total. The zero-order valence-electron chi connectivity index (χ0n) is 10.5. The van der Waals surface area contributed by atoms with Crippen LogP contribution in [0.1, 0.15) is 5.56 Å². The van der Waals surface area contributed by atoms with Crippen molar-refractivity contribution in [2.24, 2.45) is 0 Å². The smallest absolute Gasteiger partial charge is 0.111 e. The van der Waals surface area contributed by atoms with Gasteiger partial charge < -0.3 is 0 Å². The summed E-state index contributed by atoms with van der Waals surface area (Å²) in [4.78, 5) is 0. The SMILES string of the molecule is N#Cc1cn(-c2cccc(Cl)c2)nc1-c1ccccc1. The number of rotatable bonds is 2. The van der Waals surface area contributed by atoms with Gasteiger partial charge in [-0.2, -0.15) is 10.4 Å². The molecule has 1 aromatic heterocycles. The van der Waals surface area contributed by atoms with Crippen LogP contribution < -0.4 is 0 Å². The van der Waals surface area contributed by atoms with E-state index in [0.717, 1.165) is 11.3 Å². The van der Waals surface area contributed by atoms with E-state index in [1.54, 1.807) is 16.9 Å². The van der Waals surface area contributed by atoms with Crippen molar-refractivity contribution < 1.29 is 0 Å². The first-order valence-electron chi connectivity index (χ1n) is 6.09. The summed E-state index contributed by atoms with van der Waals surface area (Å²) in [5.41, 5.74) is 2.96. The highest BCUT2D eigenvalue weighted by molar-refractivity contribution is 6.30. The number of benzene rings is 2. The molecular weight excluding hydrogens is 270 g/mol. The van der Waals surface area contributed by atoms with Crippen LogP contribution in [-0.2, 0) is 0 Å². The highest BCUT2D eigenvalue weighted by Crippen LogP contribution is 2.23.